The Morgan fingerprint density at radius 3 is 2.95 bits per heavy atom. The van der Waals surface area contributed by atoms with Gasteiger partial charge in [-0.1, -0.05) is 4.85 Å². The number of nitrogens with zero attached hydrogens (tertiary/aromatic N) is 3. The number of aliphatic hydroxyl groups is 3. The van der Waals surface area contributed by atoms with Gasteiger partial charge in [-0.05, 0) is 0 Å². The van der Waals surface area contributed by atoms with Crippen molar-refractivity contribution in [3.05, 3.63) is 22.9 Å². The van der Waals surface area contributed by atoms with Crippen molar-refractivity contribution in [1.29, 1.82) is 0 Å². The summed E-state index contributed by atoms with van der Waals surface area (Å²) in [6.07, 6.45) is -2.37. The van der Waals surface area contributed by atoms with Crippen LogP contribution in [-0.2, 0) is 4.74 Å². The van der Waals surface area contributed by atoms with Crippen molar-refractivity contribution in [2.75, 3.05) is 6.61 Å². The van der Waals surface area contributed by atoms with Crippen LogP contribution in [0.4, 0.5) is 0 Å². The van der Waals surface area contributed by atoms with E-state index >= 15 is 0 Å². The van der Waals surface area contributed by atoms with Crippen LogP contribution in [0.2, 0.25) is 0 Å². The van der Waals surface area contributed by atoms with Crippen LogP contribution < -0.4 is 10.4 Å². The molecule has 3 rings (SSSR count). The molecule has 4 N–H and O–H groups in total. The average molecular weight is 284 g/mol. The molecule has 108 valence electrons. The van der Waals surface area contributed by atoms with Crippen LogP contribution in [-0.4, -0.2) is 66.4 Å². The van der Waals surface area contributed by atoms with Crippen molar-refractivity contribution in [2.45, 2.75) is 24.6 Å². The summed E-state index contributed by atoms with van der Waals surface area (Å²) in [5.41, 5.74) is -0.238. The van der Waals surface area contributed by atoms with Gasteiger partial charge in [-0.2, -0.15) is 0 Å². The van der Waals surface area contributed by atoms with Gasteiger partial charge in [0.1, 0.15) is 23.7 Å². The van der Waals surface area contributed by atoms with Gasteiger partial charge < -0.3 is 29.9 Å². The van der Waals surface area contributed by atoms with Gasteiger partial charge in [0, 0.05) is 0 Å². The Balaban J connectivity index is 1.87. The number of nitrogens with one attached hydrogen (secondary N) is 1. The van der Waals surface area contributed by atoms with Crippen LogP contribution in [0.1, 0.15) is 0 Å². The Labute approximate surface area is 111 Å². The standard InChI is InChI=1S/C10H12N4O6/c15-2-5-6(16)7(17)10(19-5)20-14-8-4(1-13-14)9(18)12-3-11-8/h1,3,5-7,10,15-17H,2H2,(H,11,12,18)/t5-,6-,7-,10?/m1/s1. The van der Waals surface area contributed by atoms with Gasteiger partial charge in [0.05, 0.1) is 19.1 Å². The summed E-state index contributed by atoms with van der Waals surface area (Å²) in [4.78, 5) is 23.9. The van der Waals surface area contributed by atoms with E-state index in [2.05, 4.69) is 15.1 Å². The molecule has 0 aromatic carbocycles. The number of aromatic amines is 1. The summed E-state index contributed by atoms with van der Waals surface area (Å²) in [5, 5.41) is 32.3. The lowest BCUT2D eigenvalue weighted by atomic mass is 10.1. The Bertz CT molecular complexity index is 669. The number of fused-ring (bicyclic) bond motifs is 1. The summed E-state index contributed by atoms with van der Waals surface area (Å²) < 4.78 is 5.14. The molecule has 0 amide bonds. The topological polar surface area (TPSA) is 143 Å². The van der Waals surface area contributed by atoms with Crippen LogP contribution in [0, 0.1) is 0 Å². The number of H-pyrrole nitrogens is 1. The van der Waals surface area contributed by atoms with Crippen LogP contribution in [0.25, 0.3) is 11.0 Å². The molecular weight excluding hydrogens is 272 g/mol. The number of rotatable bonds is 3. The number of hydrogen-bond donors (Lipinski definition) is 4. The number of hydrogen-bond acceptors (Lipinski definition) is 8. The molecule has 10 heteroatoms. The molecule has 0 aliphatic carbocycles. The van der Waals surface area contributed by atoms with Crippen LogP contribution in [0.3, 0.4) is 0 Å². The molecule has 1 aliphatic rings. The highest BCUT2D eigenvalue weighted by Crippen LogP contribution is 2.20. The van der Waals surface area contributed by atoms with Gasteiger partial charge >= 0.3 is 0 Å². The molecule has 3 heterocycles. The zero-order chi connectivity index (χ0) is 14.3. The molecule has 0 spiro atoms. The van der Waals surface area contributed by atoms with E-state index in [1.165, 1.54) is 12.5 Å². The van der Waals surface area contributed by atoms with Gasteiger partial charge in [-0.3, -0.25) is 4.79 Å². The first-order valence-corrected chi connectivity index (χ1v) is 5.83. The van der Waals surface area contributed by atoms with Crippen molar-refractivity contribution < 1.29 is 24.9 Å². The van der Waals surface area contributed by atoms with E-state index in [4.69, 9.17) is 14.7 Å². The molecule has 0 saturated carbocycles. The minimum atomic E-state index is -1.35. The van der Waals surface area contributed by atoms with E-state index in [1.54, 1.807) is 0 Å². The predicted molar refractivity (Wildman–Crippen MR) is 62.5 cm³/mol. The van der Waals surface area contributed by atoms with Gasteiger partial charge in [0.2, 0.25) is 5.65 Å². The third-order valence-electron chi connectivity index (χ3n) is 3.04. The molecule has 0 bridgehead atoms. The van der Waals surface area contributed by atoms with E-state index < -0.39 is 31.2 Å². The quantitative estimate of drug-likeness (QED) is 0.466. The first kappa shape index (κ1) is 13.0. The molecular formula is C10H12N4O6. The van der Waals surface area contributed by atoms with Gasteiger partial charge in [0.15, 0.2) is 0 Å². The maximum atomic E-state index is 11.5. The molecule has 1 saturated heterocycles. The first-order chi connectivity index (χ1) is 9.61. The lowest BCUT2D eigenvalue weighted by Gasteiger charge is -2.15. The fourth-order valence-electron chi connectivity index (χ4n) is 1.96. The number of aliphatic hydroxyl groups excluding tert-OH is 3. The number of aromatic nitrogens is 4. The monoisotopic (exact) mass is 284 g/mol. The summed E-state index contributed by atoms with van der Waals surface area (Å²) in [6, 6.07) is 0. The molecule has 1 fully saturated rings. The van der Waals surface area contributed by atoms with E-state index in [9.17, 15) is 15.0 Å². The van der Waals surface area contributed by atoms with Crippen LogP contribution in [0.15, 0.2) is 17.3 Å². The minimum Gasteiger partial charge on any atom is -0.394 e. The second-order valence-corrected chi connectivity index (χ2v) is 4.30. The van der Waals surface area contributed by atoms with Gasteiger partial charge in [0.25, 0.3) is 11.8 Å². The van der Waals surface area contributed by atoms with E-state index in [-0.39, 0.29) is 16.6 Å². The van der Waals surface area contributed by atoms with Crippen molar-refractivity contribution in [2.24, 2.45) is 0 Å². The summed E-state index contributed by atoms with van der Waals surface area (Å²) in [7, 11) is 0. The van der Waals surface area contributed by atoms with E-state index in [0.29, 0.717) is 0 Å². The second kappa shape index (κ2) is 4.83. The summed E-state index contributed by atoms with van der Waals surface area (Å²) in [6.45, 7) is -0.462. The number of ether oxygens (including phenoxy) is 1. The van der Waals surface area contributed by atoms with Crippen molar-refractivity contribution in [3.63, 3.8) is 0 Å². The highest BCUT2D eigenvalue weighted by atomic mass is 16.8. The maximum Gasteiger partial charge on any atom is 0.261 e. The van der Waals surface area contributed by atoms with Crippen LogP contribution in [0.5, 0.6) is 0 Å². The smallest absolute Gasteiger partial charge is 0.261 e. The molecule has 1 aliphatic heterocycles. The molecule has 1 unspecified atom stereocenters. The molecule has 2 aromatic rings. The lowest BCUT2D eigenvalue weighted by molar-refractivity contribution is -0.176. The van der Waals surface area contributed by atoms with Crippen molar-refractivity contribution >= 4 is 11.0 Å². The van der Waals surface area contributed by atoms with Crippen LogP contribution >= 0.6 is 0 Å². The second-order valence-electron chi connectivity index (χ2n) is 4.30. The van der Waals surface area contributed by atoms with Crippen molar-refractivity contribution in [3.8, 4) is 0 Å². The largest absolute Gasteiger partial charge is 0.394 e. The fraction of sp³-hybridized carbons (Fsp3) is 0.500. The maximum absolute atomic E-state index is 11.5. The summed E-state index contributed by atoms with van der Waals surface area (Å²) >= 11 is 0. The Morgan fingerprint density at radius 1 is 1.45 bits per heavy atom. The first-order valence-electron chi connectivity index (χ1n) is 5.83. The Hall–Kier alpha value is -2.01. The Morgan fingerprint density at radius 2 is 2.25 bits per heavy atom. The zero-order valence-corrected chi connectivity index (χ0v) is 10.1. The van der Waals surface area contributed by atoms with E-state index in [1.807, 2.05) is 0 Å². The third-order valence-corrected chi connectivity index (χ3v) is 3.04. The highest BCUT2D eigenvalue weighted by Gasteiger charge is 2.44. The van der Waals surface area contributed by atoms with Crippen molar-refractivity contribution in [1.82, 2.24) is 19.9 Å². The molecule has 10 nitrogen and oxygen atoms in total. The Kier molecular flexibility index (Phi) is 3.14. The normalized spacial score (nSPS) is 29.9. The van der Waals surface area contributed by atoms with Gasteiger partial charge in [-0.15, -0.1) is 5.10 Å². The zero-order valence-electron chi connectivity index (χ0n) is 10.1. The molecule has 4 atom stereocenters. The molecule has 20 heavy (non-hydrogen) atoms. The third kappa shape index (κ3) is 1.94. The lowest BCUT2D eigenvalue weighted by Crippen LogP contribution is -2.38. The fourth-order valence-corrected chi connectivity index (χ4v) is 1.96. The highest BCUT2D eigenvalue weighted by molar-refractivity contribution is 5.72. The minimum absolute atomic E-state index is 0.145. The average Bonchev–Trinajstić information content (AvgIpc) is 2.97. The molecule has 0 radical (unpaired) electrons. The predicted octanol–water partition coefficient (Wildman–Crippen LogP) is -3.01. The molecule has 2 aromatic heterocycles. The van der Waals surface area contributed by atoms with E-state index in [0.717, 1.165) is 4.85 Å². The SMILES string of the molecule is O=c1[nH]cnc2c1cnn2OC1O[C@H](CO)[C@@H](O)[C@H]1O. The summed E-state index contributed by atoms with van der Waals surface area (Å²) in [5.74, 6) is 0. The van der Waals surface area contributed by atoms with Gasteiger partial charge in [-0.25, -0.2) is 4.98 Å².